The quantitative estimate of drug-likeness (QED) is 0.687. The van der Waals surface area contributed by atoms with Gasteiger partial charge in [0.2, 0.25) is 0 Å². The lowest BCUT2D eigenvalue weighted by atomic mass is 10.1. The molecule has 0 fully saturated rings. The molecular formula is C17H14FNO5. The minimum atomic E-state index is -0.618. The summed E-state index contributed by atoms with van der Waals surface area (Å²) in [6, 6.07) is 5.73. The minimum absolute atomic E-state index is 0.0276. The molecule has 0 unspecified atom stereocenters. The highest BCUT2D eigenvalue weighted by molar-refractivity contribution is 5.90. The van der Waals surface area contributed by atoms with Crippen LogP contribution in [0.4, 0.5) is 4.39 Å². The molecule has 0 spiro atoms. The van der Waals surface area contributed by atoms with Crippen LogP contribution in [0.2, 0.25) is 0 Å². The topological polar surface area (TPSA) is 70.7 Å². The Hall–Kier alpha value is -3.09. The number of carbonyl (C=O) groups excluding carboxylic acids is 1. The van der Waals surface area contributed by atoms with E-state index in [2.05, 4.69) is 4.74 Å². The Labute approximate surface area is 136 Å². The molecule has 7 heteroatoms. The molecule has 24 heavy (non-hydrogen) atoms. The second kappa shape index (κ2) is 6.19. The lowest BCUT2D eigenvalue weighted by Crippen LogP contribution is -2.21. The smallest absolute Gasteiger partial charge is 0.341 e. The molecular weight excluding hydrogens is 317 g/mol. The fourth-order valence-corrected chi connectivity index (χ4v) is 2.48. The summed E-state index contributed by atoms with van der Waals surface area (Å²) in [4.78, 5) is 24.2. The van der Waals surface area contributed by atoms with Gasteiger partial charge < -0.3 is 18.5 Å². The van der Waals surface area contributed by atoms with E-state index in [-0.39, 0.29) is 29.0 Å². The van der Waals surface area contributed by atoms with E-state index >= 15 is 0 Å². The first-order chi connectivity index (χ1) is 11.5. The molecule has 2 heterocycles. The summed E-state index contributed by atoms with van der Waals surface area (Å²) in [5, 5.41) is 0.768. The van der Waals surface area contributed by atoms with Gasteiger partial charge in [-0.15, -0.1) is 0 Å². The Morgan fingerprint density at radius 3 is 2.79 bits per heavy atom. The third-order valence-corrected chi connectivity index (χ3v) is 3.71. The zero-order valence-corrected chi connectivity index (χ0v) is 13.0. The maximum Gasteiger partial charge on any atom is 0.341 e. The fourth-order valence-electron chi connectivity index (χ4n) is 2.48. The van der Waals surface area contributed by atoms with Crippen molar-refractivity contribution in [2.45, 2.75) is 6.54 Å². The van der Waals surface area contributed by atoms with Crippen molar-refractivity contribution in [3.63, 3.8) is 0 Å². The molecule has 0 aliphatic carbocycles. The molecule has 0 saturated carbocycles. The van der Waals surface area contributed by atoms with Gasteiger partial charge in [0, 0.05) is 6.20 Å². The van der Waals surface area contributed by atoms with Crippen LogP contribution in [0.15, 0.2) is 45.9 Å². The summed E-state index contributed by atoms with van der Waals surface area (Å²) in [5.41, 5.74) is -0.160. The lowest BCUT2D eigenvalue weighted by Gasteiger charge is -2.08. The molecule has 3 rings (SSSR count). The normalized spacial score (nSPS) is 10.8. The summed E-state index contributed by atoms with van der Waals surface area (Å²) in [7, 11) is 2.62. The number of benzene rings is 1. The van der Waals surface area contributed by atoms with Gasteiger partial charge in [-0.25, -0.2) is 9.18 Å². The van der Waals surface area contributed by atoms with Gasteiger partial charge in [-0.2, -0.15) is 0 Å². The van der Waals surface area contributed by atoms with E-state index in [0.29, 0.717) is 5.39 Å². The average Bonchev–Trinajstić information content (AvgIpc) is 3.05. The third kappa shape index (κ3) is 2.64. The van der Waals surface area contributed by atoms with Crippen molar-refractivity contribution in [3.8, 4) is 5.75 Å². The maximum absolute atomic E-state index is 13.9. The van der Waals surface area contributed by atoms with Crippen LogP contribution in [0.5, 0.6) is 5.75 Å². The number of halogens is 1. The Morgan fingerprint density at radius 2 is 2.08 bits per heavy atom. The summed E-state index contributed by atoms with van der Waals surface area (Å²) < 4.78 is 30.0. The van der Waals surface area contributed by atoms with Gasteiger partial charge in [0.15, 0.2) is 11.6 Å². The van der Waals surface area contributed by atoms with Crippen molar-refractivity contribution in [2.75, 3.05) is 14.2 Å². The number of pyridine rings is 1. The van der Waals surface area contributed by atoms with Gasteiger partial charge in [-0.1, -0.05) is 0 Å². The van der Waals surface area contributed by atoms with Crippen LogP contribution >= 0.6 is 0 Å². The second-order valence-electron chi connectivity index (χ2n) is 5.07. The molecule has 0 aliphatic rings. The number of furan rings is 1. The number of nitrogens with zero attached hydrogens (tertiary/aromatic N) is 1. The SMILES string of the molecule is COC(=O)c1ccoc1Cn1ccc2cc(OC)c(F)cc2c1=O. The molecule has 0 N–H and O–H groups in total. The van der Waals surface area contributed by atoms with Crippen molar-refractivity contribution in [1.82, 2.24) is 4.57 Å². The van der Waals surface area contributed by atoms with E-state index < -0.39 is 17.3 Å². The van der Waals surface area contributed by atoms with Crippen molar-refractivity contribution in [2.24, 2.45) is 0 Å². The first-order valence-electron chi connectivity index (χ1n) is 7.06. The summed E-state index contributed by atoms with van der Waals surface area (Å²) in [6.07, 6.45) is 2.89. The number of carbonyl (C=O) groups is 1. The minimum Gasteiger partial charge on any atom is -0.494 e. The average molecular weight is 331 g/mol. The Balaban J connectivity index is 2.06. The van der Waals surface area contributed by atoms with Crippen molar-refractivity contribution in [3.05, 3.63) is 64.2 Å². The van der Waals surface area contributed by atoms with Gasteiger partial charge >= 0.3 is 5.97 Å². The van der Waals surface area contributed by atoms with Crippen molar-refractivity contribution < 1.29 is 23.1 Å². The second-order valence-corrected chi connectivity index (χ2v) is 5.07. The molecule has 1 aromatic carbocycles. The van der Waals surface area contributed by atoms with E-state index in [1.165, 1.54) is 37.2 Å². The van der Waals surface area contributed by atoms with Crippen LogP contribution in [0.25, 0.3) is 10.8 Å². The third-order valence-electron chi connectivity index (χ3n) is 3.71. The lowest BCUT2D eigenvalue weighted by molar-refractivity contribution is 0.0598. The van der Waals surface area contributed by atoms with Crippen molar-refractivity contribution in [1.29, 1.82) is 0 Å². The summed E-state index contributed by atoms with van der Waals surface area (Å²) in [6.45, 7) is 0.0276. The number of methoxy groups -OCH3 is 2. The first-order valence-corrected chi connectivity index (χ1v) is 7.06. The van der Waals surface area contributed by atoms with E-state index in [1.807, 2.05) is 0 Å². The van der Waals surface area contributed by atoms with Crippen LogP contribution in [0, 0.1) is 5.82 Å². The van der Waals surface area contributed by atoms with Gasteiger partial charge in [-0.3, -0.25) is 4.79 Å². The Morgan fingerprint density at radius 1 is 1.29 bits per heavy atom. The monoisotopic (exact) mass is 331 g/mol. The fraction of sp³-hybridized carbons (Fsp3) is 0.176. The molecule has 0 bridgehead atoms. The van der Waals surface area contributed by atoms with Gasteiger partial charge in [0.25, 0.3) is 5.56 Å². The molecule has 6 nitrogen and oxygen atoms in total. The van der Waals surface area contributed by atoms with Crippen LogP contribution in [-0.4, -0.2) is 24.8 Å². The number of fused-ring (bicyclic) bond motifs is 1. The molecule has 0 amide bonds. The van der Waals surface area contributed by atoms with Gasteiger partial charge in [0.1, 0.15) is 11.3 Å². The highest BCUT2D eigenvalue weighted by atomic mass is 19.1. The predicted octanol–water partition coefficient (Wildman–Crippen LogP) is 2.58. The van der Waals surface area contributed by atoms with Crippen LogP contribution in [0.3, 0.4) is 0 Å². The van der Waals surface area contributed by atoms with Crippen LogP contribution < -0.4 is 10.3 Å². The molecule has 3 aromatic rings. The van der Waals surface area contributed by atoms with E-state index in [9.17, 15) is 14.0 Å². The Bertz CT molecular complexity index is 973. The molecule has 0 atom stereocenters. The van der Waals surface area contributed by atoms with E-state index in [0.717, 1.165) is 6.07 Å². The first kappa shape index (κ1) is 15.8. The molecule has 124 valence electrons. The molecule has 0 radical (unpaired) electrons. The largest absolute Gasteiger partial charge is 0.494 e. The number of rotatable bonds is 4. The number of esters is 1. The predicted molar refractivity (Wildman–Crippen MR) is 83.9 cm³/mol. The number of ether oxygens (including phenoxy) is 2. The highest BCUT2D eigenvalue weighted by Gasteiger charge is 2.16. The van der Waals surface area contributed by atoms with Crippen LogP contribution in [0.1, 0.15) is 16.1 Å². The Kier molecular flexibility index (Phi) is 4.07. The molecule has 0 saturated heterocycles. The van der Waals surface area contributed by atoms with Gasteiger partial charge in [-0.05, 0) is 29.7 Å². The van der Waals surface area contributed by atoms with Crippen LogP contribution in [-0.2, 0) is 11.3 Å². The van der Waals surface area contributed by atoms with E-state index in [4.69, 9.17) is 9.15 Å². The number of hydrogen-bond acceptors (Lipinski definition) is 5. The standard InChI is InChI=1S/C17H14FNO5/c1-22-14-7-10-3-5-19(16(20)12(10)8-13(14)18)9-15-11(4-6-24-15)17(21)23-2/h3-8H,9H2,1-2H3. The number of aromatic nitrogens is 1. The van der Waals surface area contributed by atoms with Gasteiger partial charge in [0.05, 0.1) is 32.4 Å². The summed E-state index contributed by atoms with van der Waals surface area (Å²) in [5.74, 6) is -0.813. The summed E-state index contributed by atoms with van der Waals surface area (Å²) >= 11 is 0. The molecule has 2 aromatic heterocycles. The zero-order valence-electron chi connectivity index (χ0n) is 13.0. The van der Waals surface area contributed by atoms with Crippen molar-refractivity contribution >= 4 is 16.7 Å². The molecule has 0 aliphatic heterocycles. The zero-order chi connectivity index (χ0) is 17.3. The highest BCUT2D eigenvalue weighted by Crippen LogP contribution is 2.22. The number of hydrogen-bond donors (Lipinski definition) is 0. The van der Waals surface area contributed by atoms with E-state index in [1.54, 1.807) is 12.3 Å². The maximum atomic E-state index is 13.9.